The smallest absolute Gasteiger partial charge is 0.383 e. The molecule has 10 heteroatoms. The van der Waals surface area contributed by atoms with E-state index in [-0.39, 0.29) is 18.6 Å². The molecule has 2 aliphatic heterocycles. The molecule has 2 atom stereocenters. The van der Waals surface area contributed by atoms with E-state index in [2.05, 4.69) is 10.1 Å². The van der Waals surface area contributed by atoms with Crippen LogP contribution < -0.4 is 5.73 Å². The number of hydrogen-bond donors (Lipinski definition) is 1. The summed E-state index contributed by atoms with van der Waals surface area (Å²) in [4.78, 5) is 20.0. The number of amides is 1. The van der Waals surface area contributed by atoms with Gasteiger partial charge in [-0.3, -0.25) is 9.48 Å². The molecule has 4 aromatic rings. The zero-order valence-electron chi connectivity index (χ0n) is 18.8. The lowest BCUT2D eigenvalue weighted by molar-refractivity contribution is -0.137. The van der Waals surface area contributed by atoms with Crippen LogP contribution in [0.3, 0.4) is 0 Å². The number of carbonyl (C=O) groups excluding carboxylic acids is 1. The summed E-state index contributed by atoms with van der Waals surface area (Å²) >= 11 is 0. The number of fused-ring (bicyclic) bond motifs is 6. The van der Waals surface area contributed by atoms with Gasteiger partial charge < -0.3 is 15.4 Å². The fourth-order valence-electron chi connectivity index (χ4n) is 5.38. The Morgan fingerprint density at radius 2 is 2.00 bits per heavy atom. The largest absolute Gasteiger partial charge is 0.416 e. The third kappa shape index (κ3) is 3.43. The highest BCUT2D eigenvalue weighted by Gasteiger charge is 2.41. The van der Waals surface area contributed by atoms with Crippen molar-refractivity contribution in [3.05, 3.63) is 64.8 Å². The first kappa shape index (κ1) is 21.8. The quantitative estimate of drug-likeness (QED) is 0.430. The van der Waals surface area contributed by atoms with Crippen molar-refractivity contribution in [3.63, 3.8) is 0 Å². The second-order valence-corrected chi connectivity index (χ2v) is 9.11. The molecule has 4 heterocycles. The minimum Gasteiger partial charge on any atom is -0.383 e. The van der Waals surface area contributed by atoms with E-state index in [1.807, 2.05) is 0 Å². The molecule has 0 radical (unpaired) electrons. The van der Waals surface area contributed by atoms with E-state index < -0.39 is 17.8 Å². The predicted octanol–water partition coefficient (Wildman–Crippen LogP) is 4.60. The Labute approximate surface area is 198 Å². The number of likely N-dealkylation sites (tertiary alicyclic amines) is 1. The molecule has 0 aliphatic carbocycles. The van der Waals surface area contributed by atoms with Gasteiger partial charge in [-0.25, -0.2) is 4.98 Å². The van der Waals surface area contributed by atoms with Gasteiger partial charge >= 0.3 is 6.18 Å². The first-order chi connectivity index (χ1) is 16.7. The van der Waals surface area contributed by atoms with Gasteiger partial charge in [0.05, 0.1) is 46.9 Å². The molecule has 35 heavy (non-hydrogen) atoms. The molecule has 2 aliphatic rings. The number of nitrogens with two attached hydrogens (primary N) is 1. The number of benzene rings is 2. The fraction of sp³-hybridized carbons (Fsp3) is 0.320. The Hall–Kier alpha value is -3.66. The monoisotopic (exact) mass is 481 g/mol. The molecule has 1 fully saturated rings. The summed E-state index contributed by atoms with van der Waals surface area (Å²) < 4.78 is 47.4. The molecule has 0 bridgehead atoms. The van der Waals surface area contributed by atoms with Crippen LogP contribution in [-0.2, 0) is 24.6 Å². The summed E-state index contributed by atoms with van der Waals surface area (Å²) in [6, 6.07) is 8.52. The summed E-state index contributed by atoms with van der Waals surface area (Å²) in [6.07, 6.45) is -1.56. The van der Waals surface area contributed by atoms with Crippen LogP contribution >= 0.6 is 0 Å². The maximum absolute atomic E-state index is 13.8. The highest BCUT2D eigenvalue weighted by Crippen LogP contribution is 2.42. The SMILES string of the molecule is Cn1ncc2c(N)nc3ccc(C(=O)N4CCCC5OCc6cc(C(F)(F)F)ccc6C54)cc3c21. The minimum atomic E-state index is -4.44. The minimum absolute atomic E-state index is 0.101. The van der Waals surface area contributed by atoms with Crippen molar-refractivity contribution in [1.82, 2.24) is 19.7 Å². The average molecular weight is 481 g/mol. The number of anilines is 1. The van der Waals surface area contributed by atoms with Crippen molar-refractivity contribution in [2.75, 3.05) is 12.3 Å². The Bertz CT molecular complexity index is 1500. The Kier molecular flexibility index (Phi) is 4.79. The first-order valence-electron chi connectivity index (χ1n) is 11.4. The number of carbonyl (C=O) groups is 1. The number of hydrogen-bond acceptors (Lipinski definition) is 5. The Balaban J connectivity index is 1.42. The number of aromatic nitrogens is 3. The molecule has 7 nitrogen and oxygen atoms in total. The van der Waals surface area contributed by atoms with E-state index in [1.165, 1.54) is 6.07 Å². The van der Waals surface area contributed by atoms with Crippen LogP contribution in [0.25, 0.3) is 21.8 Å². The molecule has 0 saturated carbocycles. The zero-order chi connectivity index (χ0) is 24.5. The van der Waals surface area contributed by atoms with Gasteiger partial charge in [0, 0.05) is 24.5 Å². The summed E-state index contributed by atoms with van der Waals surface area (Å²) in [7, 11) is 1.80. The van der Waals surface area contributed by atoms with E-state index in [0.717, 1.165) is 35.9 Å². The fourth-order valence-corrected chi connectivity index (χ4v) is 5.38. The summed E-state index contributed by atoms with van der Waals surface area (Å²) in [6.45, 7) is 0.590. The topological polar surface area (TPSA) is 86.3 Å². The van der Waals surface area contributed by atoms with Crippen LogP contribution in [0.1, 0.15) is 45.9 Å². The zero-order valence-corrected chi connectivity index (χ0v) is 18.8. The van der Waals surface area contributed by atoms with Gasteiger partial charge in [0.25, 0.3) is 5.91 Å². The van der Waals surface area contributed by atoms with Crippen molar-refractivity contribution in [2.45, 2.75) is 37.8 Å². The van der Waals surface area contributed by atoms with E-state index in [9.17, 15) is 18.0 Å². The highest BCUT2D eigenvalue weighted by atomic mass is 19.4. The lowest BCUT2D eigenvalue weighted by Crippen LogP contribution is -2.48. The Morgan fingerprint density at radius 3 is 2.80 bits per heavy atom. The Morgan fingerprint density at radius 1 is 1.17 bits per heavy atom. The van der Waals surface area contributed by atoms with Gasteiger partial charge in [0.2, 0.25) is 0 Å². The number of piperidine rings is 1. The van der Waals surface area contributed by atoms with Crippen LogP contribution in [0.4, 0.5) is 19.0 Å². The number of alkyl halides is 3. The van der Waals surface area contributed by atoms with Gasteiger partial charge in [-0.1, -0.05) is 6.07 Å². The second kappa shape index (κ2) is 7.67. The summed E-state index contributed by atoms with van der Waals surface area (Å²) in [5, 5.41) is 5.74. The van der Waals surface area contributed by atoms with Gasteiger partial charge in [-0.15, -0.1) is 0 Å². The number of nitrogen functional groups attached to an aromatic ring is 1. The van der Waals surface area contributed by atoms with Gasteiger partial charge in [0.15, 0.2) is 0 Å². The molecule has 0 spiro atoms. The number of nitrogens with zero attached hydrogens (tertiary/aromatic N) is 4. The summed E-state index contributed by atoms with van der Waals surface area (Å²) in [5.41, 5.74) is 8.45. The third-order valence-electron chi connectivity index (χ3n) is 7.03. The molecule has 2 unspecified atom stereocenters. The number of rotatable bonds is 1. The maximum atomic E-state index is 13.8. The van der Waals surface area contributed by atoms with Crippen molar-refractivity contribution in [2.24, 2.45) is 7.05 Å². The van der Waals surface area contributed by atoms with Gasteiger partial charge in [-0.05, 0) is 54.3 Å². The van der Waals surface area contributed by atoms with Crippen LogP contribution in [0.5, 0.6) is 0 Å². The van der Waals surface area contributed by atoms with Gasteiger partial charge in [-0.2, -0.15) is 18.3 Å². The lowest BCUT2D eigenvalue weighted by atomic mass is 9.86. The van der Waals surface area contributed by atoms with Crippen LogP contribution in [0, 0.1) is 0 Å². The van der Waals surface area contributed by atoms with Crippen LogP contribution in [-0.4, -0.2) is 38.2 Å². The molecule has 2 aromatic carbocycles. The third-order valence-corrected chi connectivity index (χ3v) is 7.03. The molecule has 2 aromatic heterocycles. The van der Waals surface area contributed by atoms with Crippen molar-refractivity contribution in [3.8, 4) is 0 Å². The van der Waals surface area contributed by atoms with Crippen molar-refractivity contribution in [1.29, 1.82) is 0 Å². The summed E-state index contributed by atoms with van der Waals surface area (Å²) in [5.74, 6) is 0.165. The number of pyridine rings is 1. The van der Waals surface area contributed by atoms with E-state index >= 15 is 0 Å². The molecule has 180 valence electrons. The van der Waals surface area contributed by atoms with E-state index in [0.29, 0.717) is 40.0 Å². The van der Waals surface area contributed by atoms with Crippen LogP contribution in [0.15, 0.2) is 42.6 Å². The first-order valence-corrected chi connectivity index (χ1v) is 11.4. The van der Waals surface area contributed by atoms with E-state index in [4.69, 9.17) is 10.5 Å². The number of aryl methyl sites for hydroxylation is 1. The average Bonchev–Trinajstić information content (AvgIpc) is 3.24. The molecule has 1 saturated heterocycles. The number of ether oxygens (including phenoxy) is 1. The molecule has 1 amide bonds. The molecule has 6 rings (SSSR count). The second-order valence-electron chi connectivity index (χ2n) is 9.11. The molecule has 2 N–H and O–H groups in total. The van der Waals surface area contributed by atoms with Crippen LogP contribution in [0.2, 0.25) is 0 Å². The van der Waals surface area contributed by atoms with Crippen molar-refractivity contribution < 1.29 is 22.7 Å². The van der Waals surface area contributed by atoms with Crippen molar-refractivity contribution >= 4 is 33.5 Å². The maximum Gasteiger partial charge on any atom is 0.416 e. The highest BCUT2D eigenvalue weighted by molar-refractivity contribution is 6.10. The normalized spacial score (nSPS) is 20.2. The van der Waals surface area contributed by atoms with E-state index in [1.54, 1.807) is 41.0 Å². The van der Waals surface area contributed by atoms with Gasteiger partial charge in [0.1, 0.15) is 5.82 Å². The predicted molar refractivity (Wildman–Crippen MR) is 123 cm³/mol. The molecular formula is C25H22F3N5O2. The molecular weight excluding hydrogens is 459 g/mol. The lowest BCUT2D eigenvalue weighted by Gasteiger charge is -2.44. The number of halogens is 3. The standard InChI is InChI=1S/C25H22F3N5O2/c1-32-21-17-10-13(4-7-19(17)31-23(29)18(21)11-30-32)24(34)33-8-2-3-20-22(33)16-6-5-15(25(26,27)28)9-14(16)12-35-20/h4-7,9-11,20,22H,2-3,8,12H2,1H3,(H2,29,31).